The van der Waals surface area contributed by atoms with Crippen LogP contribution in [-0.4, -0.2) is 16.3 Å². The average Bonchev–Trinajstić information content (AvgIpc) is 2.70. The SMILES string of the molecule is CC(C)(C)OC(=O)n1ccc(-c2ccccc2)c1Cl. The van der Waals surface area contributed by atoms with Crippen LogP contribution < -0.4 is 0 Å². The Morgan fingerprint density at radius 1 is 1.16 bits per heavy atom. The van der Waals surface area contributed by atoms with Crippen LogP contribution in [0.25, 0.3) is 11.1 Å². The topological polar surface area (TPSA) is 31.2 Å². The van der Waals surface area contributed by atoms with Crippen LogP contribution >= 0.6 is 11.6 Å². The molecule has 1 heterocycles. The second-order valence-electron chi connectivity index (χ2n) is 5.24. The number of ether oxygens (including phenoxy) is 1. The number of aromatic nitrogens is 1. The molecule has 0 saturated carbocycles. The Hall–Kier alpha value is -1.74. The van der Waals surface area contributed by atoms with Gasteiger partial charge in [0.15, 0.2) is 0 Å². The third-order valence-corrected chi connectivity index (χ3v) is 2.88. The maximum atomic E-state index is 12.0. The molecule has 0 fully saturated rings. The number of halogens is 1. The first-order valence-electron chi connectivity index (χ1n) is 6.04. The molecule has 0 spiro atoms. The van der Waals surface area contributed by atoms with Gasteiger partial charge in [0.05, 0.1) is 0 Å². The molecule has 3 nitrogen and oxygen atoms in total. The lowest BCUT2D eigenvalue weighted by Gasteiger charge is -2.19. The molecule has 100 valence electrons. The molecule has 0 aliphatic heterocycles. The van der Waals surface area contributed by atoms with E-state index in [2.05, 4.69) is 0 Å². The van der Waals surface area contributed by atoms with Crippen molar-refractivity contribution in [1.29, 1.82) is 0 Å². The third-order valence-electron chi connectivity index (χ3n) is 2.50. The van der Waals surface area contributed by atoms with Crippen molar-refractivity contribution in [2.45, 2.75) is 26.4 Å². The highest BCUT2D eigenvalue weighted by Crippen LogP contribution is 2.29. The van der Waals surface area contributed by atoms with Crippen molar-refractivity contribution in [1.82, 2.24) is 4.57 Å². The van der Waals surface area contributed by atoms with E-state index >= 15 is 0 Å². The Kier molecular flexibility index (Phi) is 3.67. The lowest BCUT2D eigenvalue weighted by Crippen LogP contribution is -2.26. The molecule has 2 aromatic rings. The van der Waals surface area contributed by atoms with Crippen molar-refractivity contribution >= 4 is 17.7 Å². The van der Waals surface area contributed by atoms with E-state index in [1.807, 2.05) is 57.2 Å². The van der Waals surface area contributed by atoms with Gasteiger partial charge in [-0.15, -0.1) is 0 Å². The van der Waals surface area contributed by atoms with Crippen molar-refractivity contribution in [2.75, 3.05) is 0 Å². The molecule has 0 radical (unpaired) electrons. The first-order valence-corrected chi connectivity index (χ1v) is 6.42. The number of carbonyl (C=O) groups excluding carboxylic acids is 1. The molecule has 0 unspecified atom stereocenters. The largest absolute Gasteiger partial charge is 0.443 e. The second kappa shape index (κ2) is 5.10. The number of carbonyl (C=O) groups is 1. The summed E-state index contributed by atoms with van der Waals surface area (Å²) in [6.45, 7) is 5.46. The maximum Gasteiger partial charge on any atom is 0.419 e. The van der Waals surface area contributed by atoms with Crippen molar-refractivity contribution in [3.05, 3.63) is 47.7 Å². The summed E-state index contributed by atoms with van der Waals surface area (Å²) in [5.74, 6) is 0. The second-order valence-corrected chi connectivity index (χ2v) is 5.59. The van der Waals surface area contributed by atoms with Gasteiger partial charge >= 0.3 is 6.09 Å². The highest BCUT2D eigenvalue weighted by molar-refractivity contribution is 6.33. The number of nitrogens with zero attached hydrogens (tertiary/aromatic N) is 1. The van der Waals surface area contributed by atoms with Crippen LogP contribution in [0.1, 0.15) is 20.8 Å². The zero-order valence-electron chi connectivity index (χ0n) is 11.2. The first-order chi connectivity index (χ1) is 8.88. The molecule has 0 saturated heterocycles. The maximum absolute atomic E-state index is 12.0. The van der Waals surface area contributed by atoms with E-state index in [1.54, 1.807) is 6.20 Å². The molecule has 0 aliphatic rings. The van der Waals surface area contributed by atoms with Crippen molar-refractivity contribution in [3.63, 3.8) is 0 Å². The van der Waals surface area contributed by atoms with Gasteiger partial charge in [0, 0.05) is 11.8 Å². The summed E-state index contributed by atoms with van der Waals surface area (Å²) in [7, 11) is 0. The molecule has 0 bridgehead atoms. The standard InChI is InChI=1S/C15H16ClNO2/c1-15(2,3)19-14(18)17-10-9-12(13(17)16)11-7-5-4-6-8-11/h4-10H,1-3H3. The quantitative estimate of drug-likeness (QED) is 0.763. The zero-order chi connectivity index (χ0) is 14.0. The summed E-state index contributed by atoms with van der Waals surface area (Å²) in [4.78, 5) is 12.0. The Balaban J connectivity index is 2.31. The summed E-state index contributed by atoms with van der Waals surface area (Å²) in [5.41, 5.74) is 1.24. The molecule has 19 heavy (non-hydrogen) atoms. The van der Waals surface area contributed by atoms with Gasteiger partial charge in [-0.2, -0.15) is 0 Å². The summed E-state index contributed by atoms with van der Waals surface area (Å²) in [6.07, 6.45) is 1.15. The van der Waals surface area contributed by atoms with Gasteiger partial charge in [-0.3, -0.25) is 0 Å². The van der Waals surface area contributed by atoms with Crippen LogP contribution in [-0.2, 0) is 4.74 Å². The minimum absolute atomic E-state index is 0.362. The van der Waals surface area contributed by atoms with Crippen LogP contribution in [0.3, 0.4) is 0 Å². The summed E-state index contributed by atoms with van der Waals surface area (Å²) < 4.78 is 6.61. The Morgan fingerprint density at radius 3 is 2.37 bits per heavy atom. The highest BCUT2D eigenvalue weighted by Gasteiger charge is 2.20. The summed E-state index contributed by atoms with van der Waals surface area (Å²) >= 11 is 6.24. The number of hydrogen-bond donors (Lipinski definition) is 0. The third kappa shape index (κ3) is 3.18. The normalized spacial score (nSPS) is 11.4. The van der Waals surface area contributed by atoms with Gasteiger partial charge in [0.25, 0.3) is 0 Å². The fourth-order valence-electron chi connectivity index (χ4n) is 1.70. The molecule has 0 N–H and O–H groups in total. The van der Waals surface area contributed by atoms with Crippen molar-refractivity contribution < 1.29 is 9.53 Å². The van der Waals surface area contributed by atoms with E-state index in [0.29, 0.717) is 5.15 Å². The average molecular weight is 278 g/mol. The molecule has 2 rings (SSSR count). The molecule has 1 aromatic carbocycles. The highest BCUT2D eigenvalue weighted by atomic mass is 35.5. The van der Waals surface area contributed by atoms with E-state index in [-0.39, 0.29) is 0 Å². The zero-order valence-corrected chi connectivity index (χ0v) is 11.9. The number of rotatable bonds is 1. The van der Waals surface area contributed by atoms with Crippen LogP contribution in [0.2, 0.25) is 5.15 Å². The van der Waals surface area contributed by atoms with E-state index in [9.17, 15) is 4.79 Å². The molecule has 0 aliphatic carbocycles. The van der Waals surface area contributed by atoms with Crippen molar-refractivity contribution in [2.24, 2.45) is 0 Å². The van der Waals surface area contributed by atoms with Gasteiger partial charge < -0.3 is 4.74 Å². The van der Waals surface area contributed by atoms with Gasteiger partial charge in [0.1, 0.15) is 10.8 Å². The van der Waals surface area contributed by atoms with Gasteiger partial charge in [-0.05, 0) is 32.4 Å². The lowest BCUT2D eigenvalue weighted by atomic mass is 10.1. The number of benzene rings is 1. The van der Waals surface area contributed by atoms with Crippen LogP contribution in [0.4, 0.5) is 4.79 Å². The Morgan fingerprint density at radius 2 is 1.79 bits per heavy atom. The van der Waals surface area contributed by atoms with Gasteiger partial charge in [-0.1, -0.05) is 41.9 Å². The summed E-state index contributed by atoms with van der Waals surface area (Å²) in [6, 6.07) is 11.5. The van der Waals surface area contributed by atoms with E-state index < -0.39 is 11.7 Å². The fourth-order valence-corrected chi connectivity index (χ4v) is 2.00. The predicted molar refractivity (Wildman–Crippen MR) is 76.5 cm³/mol. The van der Waals surface area contributed by atoms with Gasteiger partial charge in [0.2, 0.25) is 0 Å². The molecule has 1 aromatic heterocycles. The minimum Gasteiger partial charge on any atom is -0.443 e. The molecular weight excluding hydrogens is 262 g/mol. The van der Waals surface area contributed by atoms with E-state index in [1.165, 1.54) is 4.57 Å². The van der Waals surface area contributed by atoms with Crippen LogP contribution in [0, 0.1) is 0 Å². The van der Waals surface area contributed by atoms with Gasteiger partial charge in [-0.25, -0.2) is 9.36 Å². The molecule has 4 heteroatoms. The Labute approximate surface area is 117 Å². The predicted octanol–water partition coefficient (Wildman–Crippen LogP) is 4.59. The minimum atomic E-state index is -0.544. The van der Waals surface area contributed by atoms with E-state index in [0.717, 1.165) is 11.1 Å². The smallest absolute Gasteiger partial charge is 0.419 e. The number of hydrogen-bond acceptors (Lipinski definition) is 2. The first kappa shape index (κ1) is 13.7. The lowest BCUT2D eigenvalue weighted by molar-refractivity contribution is 0.0538. The summed E-state index contributed by atoms with van der Waals surface area (Å²) in [5, 5.41) is 0.362. The molecular formula is C15H16ClNO2. The molecule has 0 amide bonds. The monoisotopic (exact) mass is 277 g/mol. The Bertz CT molecular complexity index is 582. The van der Waals surface area contributed by atoms with Crippen LogP contribution in [0.5, 0.6) is 0 Å². The van der Waals surface area contributed by atoms with Crippen molar-refractivity contribution in [3.8, 4) is 11.1 Å². The molecule has 0 atom stereocenters. The van der Waals surface area contributed by atoms with E-state index in [4.69, 9.17) is 16.3 Å². The fraction of sp³-hybridized carbons (Fsp3) is 0.267. The van der Waals surface area contributed by atoms with Crippen LogP contribution in [0.15, 0.2) is 42.6 Å².